The molecule has 3 amide bonds. The van der Waals surface area contributed by atoms with Gasteiger partial charge in [0.1, 0.15) is 24.2 Å². The number of unbranched alkanes of at least 4 members (excludes halogenated alkanes) is 1. The van der Waals surface area contributed by atoms with Gasteiger partial charge in [0.25, 0.3) is 0 Å². The second-order valence-electron chi connectivity index (χ2n) is 9.92. The van der Waals surface area contributed by atoms with E-state index >= 15 is 0 Å². The van der Waals surface area contributed by atoms with Crippen molar-refractivity contribution in [3.8, 4) is 0 Å². The van der Waals surface area contributed by atoms with E-state index in [2.05, 4.69) is 15.4 Å². The molecule has 37 heavy (non-hydrogen) atoms. The zero-order valence-electron chi connectivity index (χ0n) is 23.4. The Morgan fingerprint density at radius 1 is 1.14 bits per heavy atom. The Kier molecular flexibility index (Phi) is 13.5. The van der Waals surface area contributed by atoms with Gasteiger partial charge >= 0.3 is 12.1 Å². The number of esters is 1. The maximum absolute atomic E-state index is 14.0. The standard InChI is InChI=1S/C27H43N3O6S/c1-9-10-14-30(25(33)21(13-15-37-8)29-26(34)36-27(4,5)6)23(24(32)28-17-22(31)35-7)20-12-11-18(2)16-19(20)3/h11-12,16,21,23H,9-10,13-15,17H2,1-8H3,(H,28,32)(H,29,34). The SMILES string of the molecule is CCCCN(C(=O)C(CCSC)NC(=O)OC(C)(C)C)C(C(=O)NCC(=O)OC)c1ccc(C)cc1C. The number of carbonyl (C=O) groups is 4. The molecule has 2 atom stereocenters. The zero-order valence-corrected chi connectivity index (χ0v) is 24.3. The molecular formula is C27H43N3O6S. The minimum atomic E-state index is -0.999. The molecule has 1 aromatic carbocycles. The first-order valence-corrected chi connectivity index (χ1v) is 13.9. The molecule has 10 heteroatoms. The molecule has 0 fully saturated rings. The van der Waals surface area contributed by atoms with E-state index in [9.17, 15) is 19.2 Å². The lowest BCUT2D eigenvalue weighted by Gasteiger charge is -2.35. The summed E-state index contributed by atoms with van der Waals surface area (Å²) in [5.74, 6) is -0.853. The van der Waals surface area contributed by atoms with Crippen molar-refractivity contribution in [3.05, 3.63) is 34.9 Å². The Labute approximate surface area is 225 Å². The summed E-state index contributed by atoms with van der Waals surface area (Å²) in [5.41, 5.74) is 1.78. The maximum atomic E-state index is 14.0. The molecule has 208 valence electrons. The molecule has 2 unspecified atom stereocenters. The number of nitrogens with zero attached hydrogens (tertiary/aromatic N) is 1. The molecule has 0 radical (unpaired) electrons. The van der Waals surface area contributed by atoms with Crippen LogP contribution in [0, 0.1) is 13.8 Å². The average molecular weight is 538 g/mol. The first kappa shape index (κ1) is 32.3. The second-order valence-corrected chi connectivity index (χ2v) is 10.9. The fourth-order valence-corrected chi connectivity index (χ4v) is 4.22. The predicted octanol–water partition coefficient (Wildman–Crippen LogP) is 3.91. The average Bonchev–Trinajstić information content (AvgIpc) is 2.81. The van der Waals surface area contributed by atoms with Crippen molar-refractivity contribution in [2.45, 2.75) is 78.5 Å². The highest BCUT2D eigenvalue weighted by atomic mass is 32.2. The van der Waals surface area contributed by atoms with Gasteiger partial charge in [-0.05, 0) is 70.6 Å². The Balaban J connectivity index is 3.50. The van der Waals surface area contributed by atoms with Crippen molar-refractivity contribution in [1.82, 2.24) is 15.5 Å². The van der Waals surface area contributed by atoms with Crippen molar-refractivity contribution in [1.29, 1.82) is 0 Å². The Hall–Kier alpha value is -2.75. The van der Waals surface area contributed by atoms with Crippen LogP contribution in [0.4, 0.5) is 4.79 Å². The number of amides is 3. The third-order valence-corrected chi connectivity index (χ3v) is 6.19. The summed E-state index contributed by atoms with van der Waals surface area (Å²) < 4.78 is 10.1. The number of carbonyl (C=O) groups excluding carboxylic acids is 4. The van der Waals surface area contributed by atoms with Crippen molar-refractivity contribution < 1.29 is 28.7 Å². The lowest BCUT2D eigenvalue weighted by Crippen LogP contribution is -2.53. The summed E-state index contributed by atoms with van der Waals surface area (Å²) in [6.07, 6.45) is 3.04. The second kappa shape index (κ2) is 15.5. The van der Waals surface area contributed by atoms with Gasteiger partial charge in [-0.15, -0.1) is 0 Å². The highest BCUT2D eigenvalue weighted by Gasteiger charge is 2.36. The van der Waals surface area contributed by atoms with Gasteiger partial charge in [-0.3, -0.25) is 14.4 Å². The first-order valence-electron chi connectivity index (χ1n) is 12.5. The van der Waals surface area contributed by atoms with E-state index in [1.807, 2.05) is 45.2 Å². The summed E-state index contributed by atoms with van der Waals surface area (Å²) in [6.45, 7) is 11.1. The minimum Gasteiger partial charge on any atom is -0.468 e. The van der Waals surface area contributed by atoms with E-state index < -0.39 is 35.7 Å². The first-order chi connectivity index (χ1) is 17.3. The number of ether oxygens (including phenoxy) is 2. The van der Waals surface area contributed by atoms with Gasteiger partial charge < -0.3 is 25.0 Å². The van der Waals surface area contributed by atoms with Gasteiger partial charge in [0.15, 0.2) is 0 Å². The van der Waals surface area contributed by atoms with Gasteiger partial charge in [0.2, 0.25) is 11.8 Å². The van der Waals surface area contributed by atoms with Crippen LogP contribution in [0.15, 0.2) is 18.2 Å². The van der Waals surface area contributed by atoms with Crippen LogP contribution in [0.25, 0.3) is 0 Å². The van der Waals surface area contributed by atoms with Crippen molar-refractivity contribution in [2.24, 2.45) is 0 Å². The Morgan fingerprint density at radius 2 is 1.81 bits per heavy atom. The largest absolute Gasteiger partial charge is 0.468 e. The van der Waals surface area contributed by atoms with Gasteiger partial charge in [0.05, 0.1) is 7.11 Å². The Morgan fingerprint density at radius 3 is 2.35 bits per heavy atom. The number of alkyl carbamates (subject to hydrolysis) is 1. The molecule has 0 spiro atoms. The molecule has 0 heterocycles. The van der Waals surface area contributed by atoms with Crippen LogP contribution < -0.4 is 10.6 Å². The Bertz CT molecular complexity index is 931. The summed E-state index contributed by atoms with van der Waals surface area (Å²) in [4.78, 5) is 53.4. The molecule has 0 aromatic heterocycles. The van der Waals surface area contributed by atoms with Crippen LogP contribution in [-0.4, -0.2) is 72.6 Å². The summed E-state index contributed by atoms with van der Waals surface area (Å²) in [7, 11) is 1.24. The topological polar surface area (TPSA) is 114 Å². The van der Waals surface area contributed by atoms with Crippen LogP contribution >= 0.6 is 11.8 Å². The number of rotatable bonds is 13. The van der Waals surface area contributed by atoms with Crippen LogP contribution in [0.2, 0.25) is 0 Å². The maximum Gasteiger partial charge on any atom is 0.408 e. The number of hydrogen-bond donors (Lipinski definition) is 2. The molecule has 1 rings (SSSR count). The monoisotopic (exact) mass is 537 g/mol. The van der Waals surface area contributed by atoms with Gasteiger partial charge in [-0.25, -0.2) is 4.79 Å². The molecule has 0 saturated heterocycles. The molecule has 0 bridgehead atoms. The van der Waals surface area contributed by atoms with Crippen LogP contribution in [0.5, 0.6) is 0 Å². The third kappa shape index (κ3) is 11.0. The number of thioether (sulfide) groups is 1. The normalized spacial score (nSPS) is 12.8. The summed E-state index contributed by atoms with van der Waals surface area (Å²) in [6, 6.07) is 3.78. The van der Waals surface area contributed by atoms with E-state index in [4.69, 9.17) is 4.74 Å². The van der Waals surface area contributed by atoms with Gasteiger partial charge in [-0.2, -0.15) is 11.8 Å². The van der Waals surface area contributed by atoms with E-state index in [1.165, 1.54) is 12.0 Å². The van der Waals surface area contributed by atoms with Crippen LogP contribution in [0.1, 0.15) is 69.7 Å². The van der Waals surface area contributed by atoms with Crippen LogP contribution in [0.3, 0.4) is 0 Å². The number of aryl methyl sites for hydroxylation is 2. The minimum absolute atomic E-state index is 0.296. The fraction of sp³-hybridized carbons (Fsp3) is 0.630. The van der Waals surface area contributed by atoms with E-state index in [1.54, 1.807) is 32.5 Å². The quantitative estimate of drug-likeness (QED) is 0.367. The molecule has 9 nitrogen and oxygen atoms in total. The molecule has 2 N–H and O–H groups in total. The van der Waals surface area contributed by atoms with E-state index in [0.29, 0.717) is 30.7 Å². The lowest BCUT2D eigenvalue weighted by molar-refractivity contribution is -0.144. The number of nitrogens with one attached hydrogen (secondary N) is 2. The molecule has 0 aliphatic heterocycles. The number of methoxy groups -OCH3 is 1. The molecule has 0 aliphatic rings. The van der Waals surface area contributed by atoms with Gasteiger partial charge in [-0.1, -0.05) is 37.1 Å². The molecular weight excluding hydrogens is 494 g/mol. The van der Waals surface area contributed by atoms with Crippen molar-refractivity contribution in [3.63, 3.8) is 0 Å². The smallest absolute Gasteiger partial charge is 0.408 e. The fourth-order valence-electron chi connectivity index (χ4n) is 3.75. The van der Waals surface area contributed by atoms with Crippen molar-refractivity contribution in [2.75, 3.05) is 32.2 Å². The number of hydrogen-bond acceptors (Lipinski definition) is 7. The van der Waals surface area contributed by atoms with Gasteiger partial charge in [0, 0.05) is 6.54 Å². The van der Waals surface area contributed by atoms with Crippen molar-refractivity contribution >= 4 is 35.6 Å². The molecule has 0 saturated carbocycles. The zero-order chi connectivity index (χ0) is 28.2. The third-order valence-electron chi connectivity index (χ3n) is 5.55. The number of benzene rings is 1. The summed E-state index contributed by atoms with van der Waals surface area (Å²) in [5, 5.41) is 5.34. The van der Waals surface area contributed by atoms with Crippen LogP contribution in [-0.2, 0) is 23.9 Å². The highest BCUT2D eigenvalue weighted by Crippen LogP contribution is 2.27. The lowest BCUT2D eigenvalue weighted by atomic mass is 9.96. The molecule has 1 aromatic rings. The predicted molar refractivity (Wildman–Crippen MR) is 146 cm³/mol. The summed E-state index contributed by atoms with van der Waals surface area (Å²) >= 11 is 1.55. The van der Waals surface area contributed by atoms with E-state index in [-0.39, 0.29) is 12.5 Å². The molecule has 0 aliphatic carbocycles. The van der Waals surface area contributed by atoms with E-state index in [0.717, 1.165) is 17.5 Å². The highest BCUT2D eigenvalue weighted by molar-refractivity contribution is 7.98.